The third-order valence-electron chi connectivity index (χ3n) is 3.45. The second-order valence-electron chi connectivity index (χ2n) is 5.21. The first-order chi connectivity index (χ1) is 11.5. The Balaban J connectivity index is 2.11. The molecule has 0 aliphatic rings. The standard InChI is InChI=1S/C17H16FN3O2S/c1-4-23-17(22)14-9(2)13-15(19-10(3)20-16(13)24-14)21-12-7-5-6-11(18)8-12/h5-8H,4H2,1-3H3,(H,19,20,21). The van der Waals surface area contributed by atoms with E-state index in [1.165, 1.54) is 23.5 Å². The molecule has 3 rings (SSSR count). The molecule has 0 saturated heterocycles. The molecule has 1 aromatic carbocycles. The number of thiophene rings is 1. The Hall–Kier alpha value is -2.54. The van der Waals surface area contributed by atoms with Crippen LogP contribution in [0.2, 0.25) is 0 Å². The number of hydrogen-bond donors (Lipinski definition) is 1. The molecule has 0 spiro atoms. The number of aryl methyl sites for hydroxylation is 2. The van der Waals surface area contributed by atoms with E-state index in [9.17, 15) is 9.18 Å². The second kappa shape index (κ2) is 6.52. The van der Waals surface area contributed by atoms with Gasteiger partial charge in [0.2, 0.25) is 0 Å². The van der Waals surface area contributed by atoms with Gasteiger partial charge >= 0.3 is 5.97 Å². The van der Waals surface area contributed by atoms with Gasteiger partial charge < -0.3 is 10.1 Å². The third kappa shape index (κ3) is 3.07. The summed E-state index contributed by atoms with van der Waals surface area (Å²) in [6.07, 6.45) is 0. The number of ether oxygens (including phenoxy) is 1. The van der Waals surface area contributed by atoms with E-state index in [2.05, 4.69) is 15.3 Å². The average Bonchev–Trinajstić information content (AvgIpc) is 2.84. The molecule has 0 aliphatic carbocycles. The minimum Gasteiger partial charge on any atom is -0.462 e. The van der Waals surface area contributed by atoms with E-state index in [1.807, 2.05) is 6.92 Å². The fourth-order valence-electron chi connectivity index (χ4n) is 2.43. The molecule has 0 amide bonds. The number of carbonyl (C=O) groups is 1. The Morgan fingerprint density at radius 3 is 2.83 bits per heavy atom. The Bertz CT molecular complexity index is 924. The highest BCUT2D eigenvalue weighted by molar-refractivity contribution is 7.20. The maximum Gasteiger partial charge on any atom is 0.348 e. The zero-order valence-electron chi connectivity index (χ0n) is 13.5. The summed E-state index contributed by atoms with van der Waals surface area (Å²) < 4.78 is 18.5. The van der Waals surface area contributed by atoms with Gasteiger partial charge in [-0.05, 0) is 44.5 Å². The van der Waals surface area contributed by atoms with E-state index >= 15 is 0 Å². The molecule has 2 aromatic heterocycles. The highest BCUT2D eigenvalue weighted by Gasteiger charge is 2.21. The summed E-state index contributed by atoms with van der Waals surface area (Å²) in [4.78, 5) is 22.1. The summed E-state index contributed by atoms with van der Waals surface area (Å²) in [6.45, 7) is 5.68. The molecule has 3 aromatic rings. The fourth-order valence-corrected chi connectivity index (χ4v) is 3.55. The van der Waals surface area contributed by atoms with Gasteiger partial charge in [-0.3, -0.25) is 0 Å². The predicted octanol–water partition coefficient (Wildman–Crippen LogP) is 4.37. The van der Waals surface area contributed by atoms with E-state index in [4.69, 9.17) is 4.74 Å². The van der Waals surface area contributed by atoms with Crippen LogP contribution in [0.3, 0.4) is 0 Å². The number of hydrogen-bond acceptors (Lipinski definition) is 6. The molecular formula is C17H16FN3O2S. The van der Waals surface area contributed by atoms with Crippen molar-refractivity contribution in [3.05, 3.63) is 46.3 Å². The topological polar surface area (TPSA) is 64.1 Å². The van der Waals surface area contributed by atoms with Crippen molar-refractivity contribution in [2.24, 2.45) is 0 Å². The maximum atomic E-state index is 13.4. The number of benzene rings is 1. The molecule has 0 radical (unpaired) electrons. The Morgan fingerprint density at radius 1 is 1.33 bits per heavy atom. The fraction of sp³-hybridized carbons (Fsp3) is 0.235. The largest absolute Gasteiger partial charge is 0.462 e. The summed E-state index contributed by atoms with van der Waals surface area (Å²) in [5.74, 6) is 0.411. The Morgan fingerprint density at radius 2 is 2.12 bits per heavy atom. The maximum absolute atomic E-state index is 13.4. The smallest absolute Gasteiger partial charge is 0.348 e. The summed E-state index contributed by atoms with van der Waals surface area (Å²) in [6, 6.07) is 6.13. The van der Waals surface area contributed by atoms with Crippen LogP contribution in [0.1, 0.15) is 28.0 Å². The number of fused-ring (bicyclic) bond motifs is 1. The van der Waals surface area contributed by atoms with Gasteiger partial charge in [-0.15, -0.1) is 11.3 Å². The quantitative estimate of drug-likeness (QED) is 0.712. The Labute approximate surface area is 142 Å². The molecule has 124 valence electrons. The van der Waals surface area contributed by atoms with Gasteiger partial charge in [-0.2, -0.15) is 0 Å². The summed E-state index contributed by atoms with van der Waals surface area (Å²) in [7, 11) is 0. The lowest BCUT2D eigenvalue weighted by Gasteiger charge is -2.08. The lowest BCUT2D eigenvalue weighted by molar-refractivity contribution is 0.0531. The molecule has 0 saturated carbocycles. The van der Waals surface area contributed by atoms with Crippen LogP contribution < -0.4 is 5.32 Å². The highest BCUT2D eigenvalue weighted by atomic mass is 32.1. The summed E-state index contributed by atoms with van der Waals surface area (Å²) >= 11 is 1.27. The third-order valence-corrected chi connectivity index (χ3v) is 4.62. The van der Waals surface area contributed by atoms with Crippen LogP contribution in [-0.4, -0.2) is 22.5 Å². The molecule has 0 aliphatic heterocycles. The average molecular weight is 345 g/mol. The normalized spacial score (nSPS) is 10.8. The molecule has 7 heteroatoms. The minimum absolute atomic E-state index is 0.311. The van der Waals surface area contributed by atoms with Crippen LogP contribution in [0.25, 0.3) is 10.2 Å². The summed E-state index contributed by atoms with van der Waals surface area (Å²) in [5.41, 5.74) is 1.34. The number of rotatable bonds is 4. The van der Waals surface area contributed by atoms with Crippen molar-refractivity contribution in [2.75, 3.05) is 11.9 Å². The van der Waals surface area contributed by atoms with Crippen LogP contribution in [0, 0.1) is 19.7 Å². The highest BCUT2D eigenvalue weighted by Crippen LogP contribution is 2.35. The molecule has 0 bridgehead atoms. The minimum atomic E-state index is -0.368. The molecule has 5 nitrogen and oxygen atoms in total. The zero-order valence-corrected chi connectivity index (χ0v) is 14.3. The van der Waals surface area contributed by atoms with Gasteiger partial charge in [0, 0.05) is 5.69 Å². The van der Waals surface area contributed by atoms with Crippen molar-refractivity contribution >= 4 is 39.0 Å². The van der Waals surface area contributed by atoms with Crippen molar-refractivity contribution < 1.29 is 13.9 Å². The van der Waals surface area contributed by atoms with Gasteiger partial charge in [0.1, 0.15) is 27.2 Å². The monoisotopic (exact) mass is 345 g/mol. The number of halogens is 1. The number of nitrogens with zero attached hydrogens (tertiary/aromatic N) is 2. The molecule has 0 unspecified atom stereocenters. The van der Waals surface area contributed by atoms with Gasteiger partial charge in [0.15, 0.2) is 0 Å². The predicted molar refractivity (Wildman–Crippen MR) is 92.5 cm³/mol. The van der Waals surface area contributed by atoms with Crippen LogP contribution in [0.15, 0.2) is 24.3 Å². The van der Waals surface area contributed by atoms with Gasteiger partial charge in [0.05, 0.1) is 12.0 Å². The van der Waals surface area contributed by atoms with Crippen molar-refractivity contribution in [1.82, 2.24) is 9.97 Å². The lowest BCUT2D eigenvalue weighted by atomic mass is 10.2. The molecule has 0 fully saturated rings. The number of aromatic nitrogens is 2. The Kier molecular flexibility index (Phi) is 4.44. The lowest BCUT2D eigenvalue weighted by Crippen LogP contribution is -2.04. The van der Waals surface area contributed by atoms with E-state index < -0.39 is 0 Å². The van der Waals surface area contributed by atoms with Crippen LogP contribution >= 0.6 is 11.3 Å². The first kappa shape index (κ1) is 16.3. The van der Waals surface area contributed by atoms with Gasteiger partial charge in [0.25, 0.3) is 0 Å². The number of nitrogens with one attached hydrogen (secondary N) is 1. The van der Waals surface area contributed by atoms with Crippen LogP contribution in [0.5, 0.6) is 0 Å². The van der Waals surface area contributed by atoms with Crippen molar-refractivity contribution in [2.45, 2.75) is 20.8 Å². The van der Waals surface area contributed by atoms with Crippen molar-refractivity contribution in [1.29, 1.82) is 0 Å². The zero-order chi connectivity index (χ0) is 17.3. The van der Waals surface area contributed by atoms with Crippen LogP contribution in [0.4, 0.5) is 15.9 Å². The van der Waals surface area contributed by atoms with Crippen molar-refractivity contribution in [3.63, 3.8) is 0 Å². The van der Waals surface area contributed by atoms with Crippen molar-refractivity contribution in [3.8, 4) is 0 Å². The number of carbonyl (C=O) groups excluding carboxylic acids is 1. The molecule has 1 N–H and O–H groups in total. The second-order valence-corrected chi connectivity index (χ2v) is 6.21. The number of esters is 1. The van der Waals surface area contributed by atoms with E-state index in [0.717, 1.165) is 10.9 Å². The number of anilines is 2. The first-order valence-electron chi connectivity index (χ1n) is 7.47. The van der Waals surface area contributed by atoms with E-state index in [0.29, 0.717) is 33.6 Å². The summed E-state index contributed by atoms with van der Waals surface area (Å²) in [5, 5.41) is 3.87. The molecular weight excluding hydrogens is 329 g/mol. The first-order valence-corrected chi connectivity index (χ1v) is 8.28. The van der Waals surface area contributed by atoms with Gasteiger partial charge in [-0.1, -0.05) is 6.07 Å². The molecule has 24 heavy (non-hydrogen) atoms. The molecule has 2 heterocycles. The van der Waals surface area contributed by atoms with E-state index in [1.54, 1.807) is 26.0 Å². The van der Waals surface area contributed by atoms with E-state index in [-0.39, 0.29) is 11.8 Å². The molecule has 0 atom stereocenters. The van der Waals surface area contributed by atoms with Crippen LogP contribution in [-0.2, 0) is 4.74 Å². The van der Waals surface area contributed by atoms with Gasteiger partial charge in [-0.25, -0.2) is 19.2 Å². The SMILES string of the molecule is CCOC(=O)c1sc2nc(C)nc(Nc3cccc(F)c3)c2c1C.